The maximum atomic E-state index is 6.17. The molecule has 0 N–H and O–H groups in total. The van der Waals surface area contributed by atoms with Crippen molar-refractivity contribution in [3.63, 3.8) is 0 Å². The minimum atomic E-state index is 0.484. The van der Waals surface area contributed by atoms with Gasteiger partial charge in [-0.2, -0.15) is 0 Å². The molecule has 1 unspecified atom stereocenters. The molecule has 5 heteroatoms. The van der Waals surface area contributed by atoms with Crippen molar-refractivity contribution in [2.24, 2.45) is 5.92 Å². The van der Waals surface area contributed by atoms with Crippen molar-refractivity contribution in [3.05, 3.63) is 16.5 Å². The fourth-order valence-corrected chi connectivity index (χ4v) is 2.55. The van der Waals surface area contributed by atoms with Crippen molar-refractivity contribution in [1.82, 2.24) is 9.97 Å². The van der Waals surface area contributed by atoms with Crippen LogP contribution in [-0.4, -0.2) is 36.8 Å². The number of hydrogen-bond acceptors (Lipinski definition) is 4. The van der Waals surface area contributed by atoms with Crippen LogP contribution in [0, 0.1) is 19.8 Å². The number of aryl methyl sites for hydroxylation is 2. The van der Waals surface area contributed by atoms with Gasteiger partial charge in [0.15, 0.2) is 11.0 Å². The van der Waals surface area contributed by atoms with Gasteiger partial charge in [-0.05, 0) is 32.6 Å². The lowest BCUT2D eigenvalue weighted by atomic mass is 10.0. The van der Waals surface area contributed by atoms with Gasteiger partial charge in [0.2, 0.25) is 0 Å². The molecular weight excluding hydrogens is 250 g/mol. The van der Waals surface area contributed by atoms with Crippen molar-refractivity contribution >= 4 is 17.4 Å². The van der Waals surface area contributed by atoms with E-state index in [0.29, 0.717) is 11.1 Å². The third-order valence-corrected chi connectivity index (χ3v) is 3.65. The zero-order valence-corrected chi connectivity index (χ0v) is 12.0. The minimum absolute atomic E-state index is 0.484. The number of anilines is 1. The number of aromatic nitrogens is 2. The molecule has 1 aliphatic rings. The van der Waals surface area contributed by atoms with E-state index in [1.165, 1.54) is 6.42 Å². The standard InChI is InChI=1S/C13H20ClN3O/c1-9-10(2)16-13(12(14)15-9)17(3)7-11-5-4-6-18-8-11/h11H,4-8H2,1-3H3. The largest absolute Gasteiger partial charge is 0.381 e. The van der Waals surface area contributed by atoms with E-state index in [1.54, 1.807) is 0 Å². The quantitative estimate of drug-likeness (QED) is 0.846. The van der Waals surface area contributed by atoms with E-state index in [4.69, 9.17) is 16.3 Å². The third kappa shape index (κ3) is 3.12. The van der Waals surface area contributed by atoms with E-state index in [0.717, 1.165) is 43.4 Å². The molecule has 1 aromatic rings. The van der Waals surface area contributed by atoms with Crippen molar-refractivity contribution < 1.29 is 4.74 Å². The number of halogens is 1. The summed E-state index contributed by atoms with van der Waals surface area (Å²) < 4.78 is 5.50. The van der Waals surface area contributed by atoms with E-state index >= 15 is 0 Å². The highest BCUT2D eigenvalue weighted by Crippen LogP contribution is 2.24. The molecule has 0 amide bonds. The normalized spacial score (nSPS) is 19.9. The fraction of sp³-hybridized carbons (Fsp3) is 0.692. The van der Waals surface area contributed by atoms with Crippen LogP contribution in [0.25, 0.3) is 0 Å². The highest BCUT2D eigenvalue weighted by atomic mass is 35.5. The molecule has 18 heavy (non-hydrogen) atoms. The van der Waals surface area contributed by atoms with Gasteiger partial charge >= 0.3 is 0 Å². The molecule has 0 bridgehead atoms. The molecule has 100 valence electrons. The Bertz CT molecular complexity index is 419. The van der Waals surface area contributed by atoms with Gasteiger partial charge < -0.3 is 9.64 Å². The first-order valence-corrected chi connectivity index (χ1v) is 6.75. The first kappa shape index (κ1) is 13.6. The van der Waals surface area contributed by atoms with Crippen molar-refractivity contribution in [2.75, 3.05) is 31.7 Å². The third-order valence-electron chi connectivity index (χ3n) is 3.40. The summed E-state index contributed by atoms with van der Waals surface area (Å²) in [6.45, 7) is 6.52. The van der Waals surface area contributed by atoms with Crippen LogP contribution < -0.4 is 4.90 Å². The van der Waals surface area contributed by atoms with Gasteiger partial charge in [-0.25, -0.2) is 9.97 Å². The van der Waals surface area contributed by atoms with E-state index in [9.17, 15) is 0 Å². The summed E-state index contributed by atoms with van der Waals surface area (Å²) in [5, 5.41) is 0.484. The number of hydrogen-bond donors (Lipinski definition) is 0. The van der Waals surface area contributed by atoms with Crippen molar-refractivity contribution in [2.45, 2.75) is 26.7 Å². The van der Waals surface area contributed by atoms with Crippen LogP contribution in [0.4, 0.5) is 5.82 Å². The summed E-state index contributed by atoms with van der Waals surface area (Å²) in [4.78, 5) is 10.9. The Labute approximate surface area is 113 Å². The summed E-state index contributed by atoms with van der Waals surface area (Å²) in [5.74, 6) is 1.33. The molecule has 4 nitrogen and oxygen atoms in total. The first-order chi connectivity index (χ1) is 8.58. The molecule has 1 atom stereocenters. The van der Waals surface area contributed by atoms with Gasteiger partial charge in [0.25, 0.3) is 0 Å². The van der Waals surface area contributed by atoms with Gasteiger partial charge in [0.05, 0.1) is 18.0 Å². The lowest BCUT2D eigenvalue weighted by molar-refractivity contribution is 0.0576. The van der Waals surface area contributed by atoms with E-state index in [1.807, 2.05) is 20.9 Å². The van der Waals surface area contributed by atoms with Gasteiger partial charge in [-0.1, -0.05) is 11.6 Å². The molecule has 0 saturated carbocycles. The lowest BCUT2D eigenvalue weighted by Crippen LogP contribution is -2.31. The predicted octanol–water partition coefficient (Wildman–Crippen LogP) is 2.61. The Morgan fingerprint density at radius 1 is 1.33 bits per heavy atom. The van der Waals surface area contributed by atoms with E-state index in [-0.39, 0.29) is 0 Å². The average molecular weight is 270 g/mol. The Morgan fingerprint density at radius 3 is 2.72 bits per heavy atom. The fourth-order valence-electron chi connectivity index (χ4n) is 2.23. The Morgan fingerprint density at radius 2 is 2.06 bits per heavy atom. The van der Waals surface area contributed by atoms with Crippen LogP contribution in [-0.2, 0) is 4.74 Å². The zero-order valence-electron chi connectivity index (χ0n) is 11.2. The predicted molar refractivity (Wildman–Crippen MR) is 73.3 cm³/mol. The Hall–Kier alpha value is -0.870. The molecule has 1 fully saturated rings. The minimum Gasteiger partial charge on any atom is -0.381 e. The SMILES string of the molecule is Cc1nc(Cl)c(N(C)CC2CCCOC2)nc1C. The highest BCUT2D eigenvalue weighted by Gasteiger charge is 2.19. The summed E-state index contributed by atoms with van der Waals surface area (Å²) in [7, 11) is 2.01. The Balaban J connectivity index is 2.08. The van der Waals surface area contributed by atoms with Crippen LogP contribution in [0.5, 0.6) is 0 Å². The molecule has 0 aromatic carbocycles. The highest BCUT2D eigenvalue weighted by molar-refractivity contribution is 6.31. The lowest BCUT2D eigenvalue weighted by Gasteiger charge is -2.28. The number of nitrogens with zero attached hydrogens (tertiary/aromatic N) is 3. The molecule has 0 aliphatic carbocycles. The second-order valence-corrected chi connectivity index (χ2v) is 5.33. The molecule has 2 heterocycles. The molecule has 0 radical (unpaired) electrons. The smallest absolute Gasteiger partial charge is 0.171 e. The average Bonchev–Trinajstić information content (AvgIpc) is 2.35. The van der Waals surface area contributed by atoms with Gasteiger partial charge in [0, 0.05) is 20.2 Å². The molecule has 1 aromatic heterocycles. The van der Waals surface area contributed by atoms with Crippen LogP contribution in [0.15, 0.2) is 0 Å². The maximum Gasteiger partial charge on any atom is 0.171 e. The monoisotopic (exact) mass is 269 g/mol. The van der Waals surface area contributed by atoms with Crippen LogP contribution in [0.2, 0.25) is 5.15 Å². The van der Waals surface area contributed by atoms with Crippen LogP contribution >= 0.6 is 11.6 Å². The second-order valence-electron chi connectivity index (χ2n) is 4.97. The molecule has 1 aliphatic heterocycles. The van der Waals surface area contributed by atoms with Crippen molar-refractivity contribution in [1.29, 1.82) is 0 Å². The Kier molecular flexibility index (Phi) is 4.40. The molecular formula is C13H20ClN3O. The number of ether oxygens (including phenoxy) is 1. The first-order valence-electron chi connectivity index (χ1n) is 6.37. The summed E-state index contributed by atoms with van der Waals surface area (Å²) in [6.07, 6.45) is 2.35. The van der Waals surface area contributed by atoms with Crippen molar-refractivity contribution in [3.8, 4) is 0 Å². The molecule has 2 rings (SSSR count). The second kappa shape index (κ2) is 5.85. The topological polar surface area (TPSA) is 38.2 Å². The molecule has 1 saturated heterocycles. The summed E-state index contributed by atoms with van der Waals surface area (Å²) in [6, 6.07) is 0. The maximum absolute atomic E-state index is 6.17. The number of rotatable bonds is 3. The zero-order chi connectivity index (χ0) is 13.1. The van der Waals surface area contributed by atoms with Crippen LogP contribution in [0.3, 0.4) is 0 Å². The summed E-state index contributed by atoms with van der Waals surface area (Å²) >= 11 is 6.17. The van der Waals surface area contributed by atoms with E-state index in [2.05, 4.69) is 14.9 Å². The van der Waals surface area contributed by atoms with Gasteiger partial charge in [-0.3, -0.25) is 0 Å². The molecule has 0 spiro atoms. The van der Waals surface area contributed by atoms with Gasteiger partial charge in [-0.15, -0.1) is 0 Å². The van der Waals surface area contributed by atoms with Gasteiger partial charge in [0.1, 0.15) is 0 Å². The van der Waals surface area contributed by atoms with E-state index < -0.39 is 0 Å². The van der Waals surface area contributed by atoms with Crippen LogP contribution in [0.1, 0.15) is 24.2 Å². The summed E-state index contributed by atoms with van der Waals surface area (Å²) in [5.41, 5.74) is 1.82.